The van der Waals surface area contributed by atoms with Gasteiger partial charge in [0.05, 0.1) is 24.1 Å². The fourth-order valence-corrected chi connectivity index (χ4v) is 5.12. The van der Waals surface area contributed by atoms with E-state index >= 15 is 0 Å². The van der Waals surface area contributed by atoms with Crippen LogP contribution in [0.1, 0.15) is 66.0 Å². The zero-order valence-electron chi connectivity index (χ0n) is 16.9. The summed E-state index contributed by atoms with van der Waals surface area (Å²) in [5, 5.41) is 6.26. The summed E-state index contributed by atoms with van der Waals surface area (Å²) >= 11 is 1.74. The van der Waals surface area contributed by atoms with Crippen LogP contribution in [-0.2, 0) is 6.42 Å². The van der Waals surface area contributed by atoms with Crippen molar-refractivity contribution in [1.82, 2.24) is 14.9 Å². The molecule has 7 heteroatoms. The second-order valence-corrected chi connectivity index (χ2v) is 8.36. The molecule has 152 valence electrons. The van der Waals surface area contributed by atoms with Crippen molar-refractivity contribution in [3.63, 3.8) is 0 Å². The second kappa shape index (κ2) is 7.99. The van der Waals surface area contributed by atoms with Crippen molar-refractivity contribution >= 4 is 28.0 Å². The Kier molecular flexibility index (Phi) is 5.41. The van der Waals surface area contributed by atoms with E-state index in [1.807, 2.05) is 13.8 Å². The lowest BCUT2D eigenvalue weighted by molar-refractivity contribution is 0.0937. The molecule has 0 saturated heterocycles. The van der Waals surface area contributed by atoms with Crippen LogP contribution in [0.2, 0.25) is 0 Å². The molecule has 1 aliphatic carbocycles. The van der Waals surface area contributed by atoms with Gasteiger partial charge in [-0.15, -0.1) is 11.3 Å². The number of hydrogen-bond donors (Lipinski definition) is 1. The van der Waals surface area contributed by atoms with Crippen LogP contribution in [0.3, 0.4) is 0 Å². The minimum absolute atomic E-state index is 0.0125. The van der Waals surface area contributed by atoms with Crippen molar-refractivity contribution in [3.05, 3.63) is 56.3 Å². The van der Waals surface area contributed by atoms with Crippen LogP contribution in [0, 0.1) is 0 Å². The number of carbonyl (C=O) groups excluding carboxylic acids is 1. The number of thiophene rings is 1. The number of nitrogens with one attached hydrogen (secondary N) is 1. The number of carbonyl (C=O) groups is 1. The average Bonchev–Trinajstić information content (AvgIpc) is 3.35. The molecule has 0 bridgehead atoms. The fraction of sp³-hybridized carbons (Fsp3) is 0.409. The number of pyridine rings is 2. The van der Waals surface area contributed by atoms with Gasteiger partial charge < -0.3 is 14.6 Å². The average molecular weight is 412 g/mol. The first-order valence-corrected chi connectivity index (χ1v) is 10.9. The quantitative estimate of drug-likeness (QED) is 0.658. The van der Waals surface area contributed by atoms with E-state index in [0.717, 1.165) is 25.7 Å². The van der Waals surface area contributed by atoms with Crippen molar-refractivity contribution in [2.75, 3.05) is 7.11 Å². The van der Waals surface area contributed by atoms with Crippen molar-refractivity contribution in [1.29, 1.82) is 0 Å². The summed E-state index contributed by atoms with van der Waals surface area (Å²) in [6, 6.07) is 3.76. The molecule has 4 rings (SSSR count). The highest BCUT2D eigenvalue weighted by Crippen LogP contribution is 2.35. The molecule has 6 nitrogen and oxygen atoms in total. The Labute approximate surface area is 173 Å². The van der Waals surface area contributed by atoms with E-state index in [0.29, 0.717) is 22.2 Å². The Morgan fingerprint density at radius 2 is 2.17 bits per heavy atom. The lowest BCUT2D eigenvalue weighted by Crippen LogP contribution is -2.31. The van der Waals surface area contributed by atoms with E-state index in [1.165, 1.54) is 17.6 Å². The van der Waals surface area contributed by atoms with Crippen molar-refractivity contribution < 1.29 is 9.53 Å². The lowest BCUT2D eigenvalue weighted by atomic mass is 10.1. The highest BCUT2D eigenvalue weighted by molar-refractivity contribution is 7.10. The summed E-state index contributed by atoms with van der Waals surface area (Å²) in [5.74, 6) is 0.188. The summed E-state index contributed by atoms with van der Waals surface area (Å²) in [7, 11) is 1.52. The van der Waals surface area contributed by atoms with E-state index < -0.39 is 0 Å². The predicted molar refractivity (Wildman–Crippen MR) is 115 cm³/mol. The van der Waals surface area contributed by atoms with Gasteiger partial charge >= 0.3 is 0 Å². The number of aromatic nitrogens is 2. The minimum Gasteiger partial charge on any atom is -0.481 e. The van der Waals surface area contributed by atoms with E-state index in [2.05, 4.69) is 21.7 Å². The normalized spacial score (nSPS) is 15.7. The number of fused-ring (bicyclic) bond motifs is 2. The summed E-state index contributed by atoms with van der Waals surface area (Å²) < 4.78 is 6.91. The molecule has 0 fully saturated rings. The summed E-state index contributed by atoms with van der Waals surface area (Å²) in [6.45, 7) is 4.10. The highest BCUT2D eigenvalue weighted by Gasteiger charge is 2.27. The number of aryl methyl sites for hydroxylation is 1. The number of rotatable bonds is 6. The largest absolute Gasteiger partial charge is 0.481 e. The molecule has 0 spiro atoms. The summed E-state index contributed by atoms with van der Waals surface area (Å²) in [6.07, 6.45) is 6.79. The molecule has 1 N–H and O–H groups in total. The second-order valence-electron chi connectivity index (χ2n) is 7.36. The molecular formula is C22H25N3O3S. The molecular weight excluding hydrogens is 386 g/mol. The zero-order chi connectivity index (χ0) is 20.5. The third-order valence-electron chi connectivity index (χ3n) is 5.81. The first kappa shape index (κ1) is 19.6. The van der Waals surface area contributed by atoms with Crippen LogP contribution in [0.15, 0.2) is 34.7 Å². The molecule has 1 atom stereocenters. The van der Waals surface area contributed by atoms with Gasteiger partial charge in [0.2, 0.25) is 5.88 Å². The molecule has 3 aromatic heterocycles. The molecule has 3 aromatic rings. The molecule has 3 heterocycles. The molecule has 0 saturated carbocycles. The van der Waals surface area contributed by atoms with Crippen LogP contribution < -0.4 is 15.6 Å². The first-order valence-electron chi connectivity index (χ1n) is 10.0. The minimum atomic E-state index is -0.175. The zero-order valence-corrected chi connectivity index (χ0v) is 17.7. The molecule has 29 heavy (non-hydrogen) atoms. The third kappa shape index (κ3) is 3.44. The monoisotopic (exact) mass is 411 g/mol. The maximum Gasteiger partial charge on any atom is 0.258 e. The third-order valence-corrected chi connectivity index (χ3v) is 6.81. The summed E-state index contributed by atoms with van der Waals surface area (Å²) in [5.41, 5.74) is 1.57. The van der Waals surface area contributed by atoms with Crippen molar-refractivity contribution in [2.45, 2.75) is 51.6 Å². The molecule has 1 aliphatic rings. The number of amides is 1. The van der Waals surface area contributed by atoms with Crippen molar-refractivity contribution in [3.8, 4) is 5.88 Å². The van der Waals surface area contributed by atoms with Crippen LogP contribution in [0.5, 0.6) is 5.88 Å². The van der Waals surface area contributed by atoms with Gasteiger partial charge in [-0.1, -0.05) is 13.8 Å². The predicted octanol–water partition coefficient (Wildman–Crippen LogP) is 4.25. The molecule has 1 amide bonds. The van der Waals surface area contributed by atoms with Gasteiger partial charge in [-0.2, -0.15) is 0 Å². The fourth-order valence-electron chi connectivity index (χ4n) is 4.16. The topological polar surface area (TPSA) is 73.2 Å². The van der Waals surface area contributed by atoms with Crippen LogP contribution in [-0.4, -0.2) is 22.6 Å². The van der Waals surface area contributed by atoms with Gasteiger partial charge in [-0.05, 0) is 42.7 Å². The Bertz CT molecular complexity index is 1110. The maximum atomic E-state index is 13.3. The van der Waals surface area contributed by atoms with Gasteiger partial charge in [-0.25, -0.2) is 4.98 Å². The number of methoxy groups -OCH3 is 1. The Morgan fingerprint density at radius 1 is 1.38 bits per heavy atom. The van der Waals surface area contributed by atoms with E-state index in [-0.39, 0.29) is 23.6 Å². The molecule has 0 aromatic carbocycles. The van der Waals surface area contributed by atoms with Gasteiger partial charge in [0, 0.05) is 34.8 Å². The number of nitrogens with zero attached hydrogens (tertiary/aromatic N) is 2. The van der Waals surface area contributed by atoms with Crippen LogP contribution >= 0.6 is 11.3 Å². The van der Waals surface area contributed by atoms with Crippen LogP contribution in [0.25, 0.3) is 10.8 Å². The Morgan fingerprint density at radius 3 is 2.90 bits per heavy atom. The van der Waals surface area contributed by atoms with Gasteiger partial charge in [0.1, 0.15) is 0 Å². The molecule has 0 radical (unpaired) electrons. The molecule has 0 aliphatic heterocycles. The highest BCUT2D eigenvalue weighted by atomic mass is 32.1. The lowest BCUT2D eigenvalue weighted by Gasteiger charge is -2.20. The molecule has 1 unspecified atom stereocenters. The van der Waals surface area contributed by atoms with Gasteiger partial charge in [0.15, 0.2) is 0 Å². The Hall–Kier alpha value is -2.67. The van der Waals surface area contributed by atoms with E-state index in [9.17, 15) is 9.59 Å². The number of hydrogen-bond acceptors (Lipinski definition) is 5. The smallest absolute Gasteiger partial charge is 0.258 e. The van der Waals surface area contributed by atoms with E-state index in [1.54, 1.807) is 34.4 Å². The number of ether oxygens (including phenoxy) is 1. The first-order chi connectivity index (χ1) is 14.1. The Balaban J connectivity index is 1.81. The van der Waals surface area contributed by atoms with Gasteiger partial charge in [-0.3, -0.25) is 9.59 Å². The summed E-state index contributed by atoms with van der Waals surface area (Å²) in [4.78, 5) is 32.0. The van der Waals surface area contributed by atoms with Crippen LogP contribution in [0.4, 0.5) is 0 Å². The SMILES string of the molecule is CCC(CC)n1cc(C(=O)NC2CCc3sccc32)c2cnc(OC)cc2c1=O. The van der Waals surface area contributed by atoms with Gasteiger partial charge in [0.25, 0.3) is 11.5 Å². The van der Waals surface area contributed by atoms with Crippen molar-refractivity contribution in [2.24, 2.45) is 0 Å². The maximum absolute atomic E-state index is 13.3. The van der Waals surface area contributed by atoms with E-state index in [4.69, 9.17) is 4.74 Å². The standard InChI is InChI=1S/C22H25N3O3S/c1-4-13(5-2)25-12-17(16-11-23-20(28-3)10-15(16)22(25)27)21(26)24-18-6-7-19-14(18)8-9-29-19/h8-13,18H,4-7H2,1-3H3,(H,24,26).